The minimum Gasteiger partial charge on any atom is -0.285 e. The Labute approximate surface area is 94.3 Å². The van der Waals surface area contributed by atoms with E-state index in [4.69, 9.17) is 0 Å². The highest BCUT2D eigenvalue weighted by Crippen LogP contribution is 2.46. The summed E-state index contributed by atoms with van der Waals surface area (Å²) in [6, 6.07) is 0.123. The minimum atomic E-state index is -0.171. The van der Waals surface area contributed by atoms with Crippen molar-refractivity contribution in [2.75, 3.05) is 21.1 Å². The monoisotopic (exact) mass is 221 g/mol. The van der Waals surface area contributed by atoms with Crippen LogP contribution >= 0.6 is 0 Å². The van der Waals surface area contributed by atoms with Gasteiger partial charge in [0.15, 0.2) is 0 Å². The molecule has 2 bridgehead atoms. The van der Waals surface area contributed by atoms with Gasteiger partial charge in [0.05, 0.1) is 23.9 Å². The SMILES string of the molecule is CN1C(=O)C2C(C1=O)C1C=CC2N1N(C)C. The van der Waals surface area contributed by atoms with E-state index in [1.807, 2.05) is 19.1 Å². The fourth-order valence-corrected chi connectivity index (χ4v) is 3.28. The lowest BCUT2D eigenvalue weighted by Gasteiger charge is -2.31. The largest absolute Gasteiger partial charge is 0.285 e. The predicted molar refractivity (Wildman–Crippen MR) is 57.0 cm³/mol. The van der Waals surface area contributed by atoms with E-state index < -0.39 is 0 Å². The van der Waals surface area contributed by atoms with Crippen LogP contribution in [0, 0.1) is 11.8 Å². The molecular weight excluding hydrogens is 206 g/mol. The van der Waals surface area contributed by atoms with Crippen LogP contribution in [0.4, 0.5) is 0 Å². The Kier molecular flexibility index (Phi) is 1.83. The van der Waals surface area contributed by atoms with Gasteiger partial charge in [0.1, 0.15) is 0 Å². The number of amides is 2. The molecule has 3 aliphatic heterocycles. The van der Waals surface area contributed by atoms with Gasteiger partial charge in [0.25, 0.3) is 0 Å². The maximum Gasteiger partial charge on any atom is 0.234 e. The van der Waals surface area contributed by atoms with E-state index in [0.29, 0.717) is 0 Å². The normalized spacial score (nSPS) is 41.6. The molecule has 0 N–H and O–H groups in total. The molecule has 16 heavy (non-hydrogen) atoms. The summed E-state index contributed by atoms with van der Waals surface area (Å²) in [7, 11) is 5.49. The lowest BCUT2D eigenvalue weighted by atomic mass is 9.85. The Balaban J connectivity index is 2.02. The van der Waals surface area contributed by atoms with Crippen molar-refractivity contribution in [2.45, 2.75) is 12.1 Å². The van der Waals surface area contributed by atoms with Crippen molar-refractivity contribution in [1.82, 2.24) is 14.9 Å². The second-order valence-corrected chi connectivity index (χ2v) is 4.88. The van der Waals surface area contributed by atoms with Crippen LogP contribution in [0.3, 0.4) is 0 Å². The molecule has 5 nitrogen and oxygen atoms in total. The van der Waals surface area contributed by atoms with Crippen LogP contribution in [-0.4, -0.2) is 60.0 Å². The molecule has 3 rings (SSSR count). The Morgan fingerprint density at radius 2 is 1.50 bits per heavy atom. The van der Waals surface area contributed by atoms with Crippen molar-refractivity contribution in [3.05, 3.63) is 12.2 Å². The van der Waals surface area contributed by atoms with E-state index in [9.17, 15) is 9.59 Å². The van der Waals surface area contributed by atoms with Gasteiger partial charge in [0.2, 0.25) is 11.8 Å². The first-order valence-electron chi connectivity index (χ1n) is 5.49. The van der Waals surface area contributed by atoms with E-state index in [-0.39, 0.29) is 35.7 Å². The number of hydrogen-bond donors (Lipinski definition) is 0. The molecule has 3 heterocycles. The Morgan fingerprint density at radius 3 is 1.88 bits per heavy atom. The Hall–Kier alpha value is -1.20. The van der Waals surface area contributed by atoms with Gasteiger partial charge in [-0.05, 0) is 0 Å². The van der Waals surface area contributed by atoms with Crippen molar-refractivity contribution in [3.63, 3.8) is 0 Å². The van der Waals surface area contributed by atoms with Crippen LogP contribution in [0.2, 0.25) is 0 Å². The van der Waals surface area contributed by atoms with Gasteiger partial charge in [-0.15, -0.1) is 0 Å². The second kappa shape index (κ2) is 2.93. The number of hydrazine groups is 1. The Bertz CT molecular complexity index is 372. The smallest absolute Gasteiger partial charge is 0.234 e. The quantitative estimate of drug-likeness (QED) is 0.434. The zero-order valence-electron chi connectivity index (χ0n) is 9.62. The summed E-state index contributed by atoms with van der Waals surface area (Å²) < 4.78 is 0. The molecular formula is C11H15N3O2. The van der Waals surface area contributed by atoms with Crippen molar-refractivity contribution in [2.24, 2.45) is 11.8 Å². The van der Waals surface area contributed by atoms with Gasteiger partial charge < -0.3 is 0 Å². The highest BCUT2D eigenvalue weighted by molar-refractivity contribution is 6.06. The van der Waals surface area contributed by atoms with Gasteiger partial charge >= 0.3 is 0 Å². The number of rotatable bonds is 1. The van der Waals surface area contributed by atoms with Crippen LogP contribution < -0.4 is 0 Å². The summed E-state index contributed by atoms with van der Waals surface area (Å²) >= 11 is 0. The number of carbonyl (C=O) groups is 2. The zero-order chi connectivity index (χ0) is 11.6. The van der Waals surface area contributed by atoms with Crippen molar-refractivity contribution < 1.29 is 9.59 Å². The molecule has 0 aromatic rings. The molecule has 4 atom stereocenters. The second-order valence-electron chi connectivity index (χ2n) is 4.88. The topological polar surface area (TPSA) is 43.9 Å². The molecule has 4 unspecified atom stereocenters. The minimum absolute atomic E-state index is 0.0290. The lowest BCUT2D eigenvalue weighted by molar-refractivity contribution is -0.140. The fraction of sp³-hybridized carbons (Fsp3) is 0.636. The van der Waals surface area contributed by atoms with Crippen molar-refractivity contribution >= 4 is 11.8 Å². The standard InChI is InChI=1S/C11H15N3O2/c1-12(2)14-6-4-5-7(14)9-8(6)10(15)13(3)11(9)16/h4-9H,1-3H3. The zero-order valence-corrected chi connectivity index (χ0v) is 9.62. The maximum absolute atomic E-state index is 12.0. The summed E-state index contributed by atoms with van der Waals surface area (Å²) in [6.07, 6.45) is 4.10. The van der Waals surface area contributed by atoms with Crippen LogP contribution in [0.25, 0.3) is 0 Å². The first-order valence-corrected chi connectivity index (χ1v) is 5.49. The molecule has 2 fully saturated rings. The van der Waals surface area contributed by atoms with Crippen molar-refractivity contribution in [3.8, 4) is 0 Å². The van der Waals surface area contributed by atoms with Gasteiger partial charge in [0, 0.05) is 21.1 Å². The number of carbonyl (C=O) groups excluding carboxylic acids is 2. The summed E-state index contributed by atoms with van der Waals surface area (Å²) in [5.41, 5.74) is 0. The van der Waals surface area contributed by atoms with E-state index in [1.165, 1.54) is 4.90 Å². The highest BCUT2D eigenvalue weighted by Gasteiger charge is 2.62. The maximum atomic E-state index is 12.0. The average Bonchev–Trinajstić information content (AvgIpc) is 2.85. The van der Waals surface area contributed by atoms with Gasteiger partial charge in [-0.25, -0.2) is 10.0 Å². The van der Waals surface area contributed by atoms with E-state index >= 15 is 0 Å². The van der Waals surface area contributed by atoms with Crippen LogP contribution in [-0.2, 0) is 9.59 Å². The third-order valence-electron chi connectivity index (χ3n) is 3.93. The lowest BCUT2D eigenvalue weighted by Crippen LogP contribution is -2.46. The first kappa shape index (κ1) is 9.99. The first-order chi connectivity index (χ1) is 7.54. The van der Waals surface area contributed by atoms with Crippen molar-refractivity contribution in [1.29, 1.82) is 0 Å². The Morgan fingerprint density at radius 1 is 1.06 bits per heavy atom. The molecule has 0 radical (unpaired) electrons. The van der Waals surface area contributed by atoms with Crippen LogP contribution in [0.15, 0.2) is 12.2 Å². The molecule has 0 aromatic heterocycles. The van der Waals surface area contributed by atoms with Gasteiger partial charge in [-0.1, -0.05) is 12.2 Å². The van der Waals surface area contributed by atoms with Crippen LogP contribution in [0.5, 0.6) is 0 Å². The molecule has 3 aliphatic rings. The highest BCUT2D eigenvalue weighted by atomic mass is 16.2. The van der Waals surface area contributed by atoms with Gasteiger partial charge in [-0.2, -0.15) is 0 Å². The summed E-state index contributed by atoms with van der Waals surface area (Å²) in [4.78, 5) is 25.2. The summed E-state index contributed by atoms with van der Waals surface area (Å²) in [5.74, 6) is -0.401. The molecule has 86 valence electrons. The molecule has 0 aromatic carbocycles. The molecule has 0 aliphatic carbocycles. The average molecular weight is 221 g/mol. The fourth-order valence-electron chi connectivity index (χ4n) is 3.28. The summed E-state index contributed by atoms with van der Waals surface area (Å²) in [5, 5.41) is 4.10. The van der Waals surface area contributed by atoms with Gasteiger partial charge in [-0.3, -0.25) is 14.5 Å². The number of nitrogens with zero attached hydrogens (tertiary/aromatic N) is 3. The molecule has 0 spiro atoms. The molecule has 2 saturated heterocycles. The van der Waals surface area contributed by atoms with Crippen LogP contribution in [0.1, 0.15) is 0 Å². The number of likely N-dealkylation sites (tertiary alicyclic amines) is 1. The van der Waals surface area contributed by atoms with E-state index in [1.54, 1.807) is 7.05 Å². The number of hydrogen-bond acceptors (Lipinski definition) is 4. The van der Waals surface area contributed by atoms with E-state index in [2.05, 4.69) is 17.2 Å². The van der Waals surface area contributed by atoms with E-state index in [0.717, 1.165) is 0 Å². The predicted octanol–water partition coefficient (Wildman–Crippen LogP) is -0.683. The number of fused-ring (bicyclic) bond motifs is 5. The molecule has 5 heteroatoms. The third kappa shape index (κ3) is 0.929. The molecule has 2 amide bonds. The number of imide groups is 1. The third-order valence-corrected chi connectivity index (χ3v) is 3.93. The molecule has 0 saturated carbocycles. The summed E-state index contributed by atoms with van der Waals surface area (Å²) in [6.45, 7) is 0.